The molecule has 3 rings (SSSR count). The summed E-state index contributed by atoms with van der Waals surface area (Å²) in [5.74, 6) is 0.540. The van der Waals surface area contributed by atoms with Gasteiger partial charge in [-0.2, -0.15) is 0 Å². The average molecular weight is 293 g/mol. The summed E-state index contributed by atoms with van der Waals surface area (Å²) in [4.78, 5) is 2.75. The Morgan fingerprint density at radius 3 is 2.63 bits per heavy atom. The molecule has 102 valence electrons. The van der Waals surface area contributed by atoms with Gasteiger partial charge in [0, 0.05) is 28.8 Å². The minimum Gasteiger partial charge on any atom is -0.392 e. The van der Waals surface area contributed by atoms with Crippen LogP contribution in [-0.2, 0) is 6.42 Å². The van der Waals surface area contributed by atoms with Crippen molar-refractivity contribution in [2.45, 2.75) is 31.4 Å². The van der Waals surface area contributed by atoms with Crippen molar-refractivity contribution in [1.29, 1.82) is 0 Å². The molecule has 1 aliphatic rings. The molecule has 1 aliphatic carbocycles. The quantitative estimate of drug-likeness (QED) is 0.819. The summed E-state index contributed by atoms with van der Waals surface area (Å²) in [6, 6.07) is 8.89. The van der Waals surface area contributed by atoms with Gasteiger partial charge in [-0.1, -0.05) is 12.1 Å². The van der Waals surface area contributed by atoms with Gasteiger partial charge in [-0.25, -0.2) is 0 Å². The summed E-state index contributed by atoms with van der Waals surface area (Å²) >= 11 is 3.59. The molecule has 0 bridgehead atoms. The molecule has 0 amide bonds. The second-order valence-electron chi connectivity index (χ2n) is 5.16. The molecule has 0 spiro atoms. The van der Waals surface area contributed by atoms with Gasteiger partial charge in [0.05, 0.1) is 6.10 Å². The van der Waals surface area contributed by atoms with Gasteiger partial charge < -0.3 is 10.4 Å². The first kappa shape index (κ1) is 13.3. The van der Waals surface area contributed by atoms with Gasteiger partial charge in [0.2, 0.25) is 0 Å². The summed E-state index contributed by atoms with van der Waals surface area (Å²) in [6.45, 7) is 0.707. The van der Waals surface area contributed by atoms with Crippen LogP contribution in [0.3, 0.4) is 0 Å². The smallest absolute Gasteiger partial charge is 0.0692 e. The number of rotatable bonds is 7. The summed E-state index contributed by atoms with van der Waals surface area (Å²) < 4.78 is 0. The standard InChI is InChI=1S/C15H19NOS2/c17-14(11-5-6-11)10-16-13(15-4-2-8-19-15)9-12-3-1-7-18-12/h1-4,7-8,11,13-14,16-17H,5-6,9-10H2. The maximum atomic E-state index is 10.0. The van der Waals surface area contributed by atoms with Crippen molar-refractivity contribution in [2.24, 2.45) is 5.92 Å². The zero-order valence-electron chi connectivity index (χ0n) is 10.8. The lowest BCUT2D eigenvalue weighted by molar-refractivity contribution is 0.144. The van der Waals surface area contributed by atoms with E-state index < -0.39 is 0 Å². The first-order valence-corrected chi connectivity index (χ1v) is 8.56. The van der Waals surface area contributed by atoms with Crippen molar-refractivity contribution in [2.75, 3.05) is 6.54 Å². The van der Waals surface area contributed by atoms with Crippen LogP contribution in [0, 0.1) is 5.92 Å². The normalized spacial score (nSPS) is 18.4. The van der Waals surface area contributed by atoms with E-state index in [0.717, 1.165) is 6.42 Å². The van der Waals surface area contributed by atoms with Gasteiger partial charge in [0.25, 0.3) is 0 Å². The number of aliphatic hydroxyl groups excluding tert-OH is 1. The van der Waals surface area contributed by atoms with Crippen LogP contribution in [0.25, 0.3) is 0 Å². The Labute approximate surface area is 122 Å². The molecule has 2 aromatic rings. The van der Waals surface area contributed by atoms with E-state index in [9.17, 15) is 5.11 Å². The molecule has 0 aliphatic heterocycles. The van der Waals surface area contributed by atoms with Crippen LogP contribution < -0.4 is 5.32 Å². The molecular weight excluding hydrogens is 274 g/mol. The minimum atomic E-state index is -0.175. The van der Waals surface area contributed by atoms with Crippen molar-refractivity contribution in [3.05, 3.63) is 44.8 Å². The van der Waals surface area contributed by atoms with Crippen molar-refractivity contribution in [3.63, 3.8) is 0 Å². The van der Waals surface area contributed by atoms with Gasteiger partial charge in [0.15, 0.2) is 0 Å². The van der Waals surface area contributed by atoms with Crippen molar-refractivity contribution >= 4 is 22.7 Å². The first-order chi connectivity index (χ1) is 9.33. The second kappa shape index (κ2) is 6.18. The van der Waals surface area contributed by atoms with Crippen LogP contribution in [0.1, 0.15) is 28.6 Å². The third-order valence-corrected chi connectivity index (χ3v) is 5.50. The highest BCUT2D eigenvalue weighted by atomic mass is 32.1. The summed E-state index contributed by atoms with van der Waals surface area (Å²) in [5, 5.41) is 17.8. The van der Waals surface area contributed by atoms with Crippen LogP contribution >= 0.6 is 22.7 Å². The highest BCUT2D eigenvalue weighted by molar-refractivity contribution is 7.10. The molecule has 0 saturated heterocycles. The van der Waals surface area contributed by atoms with E-state index in [0.29, 0.717) is 18.5 Å². The largest absolute Gasteiger partial charge is 0.392 e. The van der Waals surface area contributed by atoms with E-state index >= 15 is 0 Å². The molecule has 2 unspecified atom stereocenters. The Kier molecular flexibility index (Phi) is 4.33. The number of hydrogen-bond acceptors (Lipinski definition) is 4. The van der Waals surface area contributed by atoms with Gasteiger partial charge in [-0.15, -0.1) is 22.7 Å². The van der Waals surface area contributed by atoms with Crippen molar-refractivity contribution < 1.29 is 5.11 Å². The zero-order chi connectivity index (χ0) is 13.1. The van der Waals surface area contributed by atoms with Crippen LogP contribution in [0.5, 0.6) is 0 Å². The Morgan fingerprint density at radius 1 is 1.21 bits per heavy atom. The predicted octanol–water partition coefficient (Wildman–Crippen LogP) is 3.45. The lowest BCUT2D eigenvalue weighted by atomic mass is 10.1. The van der Waals surface area contributed by atoms with E-state index in [1.54, 1.807) is 22.7 Å². The Morgan fingerprint density at radius 2 is 2.00 bits per heavy atom. The maximum Gasteiger partial charge on any atom is 0.0692 e. The van der Waals surface area contributed by atoms with E-state index in [4.69, 9.17) is 0 Å². The summed E-state index contributed by atoms with van der Waals surface area (Å²) in [7, 11) is 0. The average Bonchev–Trinajstić information content (AvgIpc) is 2.92. The topological polar surface area (TPSA) is 32.3 Å². The van der Waals surface area contributed by atoms with E-state index in [2.05, 4.69) is 40.3 Å². The molecule has 1 saturated carbocycles. The number of aliphatic hydroxyl groups is 1. The maximum absolute atomic E-state index is 10.0. The first-order valence-electron chi connectivity index (χ1n) is 6.80. The molecule has 0 aromatic carbocycles. The van der Waals surface area contributed by atoms with E-state index in [-0.39, 0.29) is 6.10 Å². The summed E-state index contributed by atoms with van der Waals surface area (Å²) in [5.41, 5.74) is 0. The van der Waals surface area contributed by atoms with Crippen LogP contribution in [0.4, 0.5) is 0 Å². The second-order valence-corrected chi connectivity index (χ2v) is 7.18. The van der Waals surface area contributed by atoms with Gasteiger partial charge in [0.1, 0.15) is 0 Å². The van der Waals surface area contributed by atoms with Crippen molar-refractivity contribution in [1.82, 2.24) is 5.32 Å². The molecule has 2 heterocycles. The third-order valence-electron chi connectivity index (χ3n) is 3.61. The minimum absolute atomic E-state index is 0.175. The lowest BCUT2D eigenvalue weighted by Crippen LogP contribution is -2.32. The van der Waals surface area contributed by atoms with Crippen molar-refractivity contribution in [3.8, 4) is 0 Å². The molecule has 2 atom stereocenters. The number of nitrogens with one attached hydrogen (secondary N) is 1. The van der Waals surface area contributed by atoms with E-state index in [1.165, 1.54) is 22.6 Å². The molecule has 2 nitrogen and oxygen atoms in total. The van der Waals surface area contributed by atoms with E-state index in [1.807, 2.05) is 0 Å². The molecule has 0 radical (unpaired) electrons. The van der Waals surface area contributed by atoms with Gasteiger partial charge in [-0.05, 0) is 41.7 Å². The lowest BCUT2D eigenvalue weighted by Gasteiger charge is -2.19. The van der Waals surface area contributed by atoms with Gasteiger partial charge >= 0.3 is 0 Å². The highest BCUT2D eigenvalue weighted by Gasteiger charge is 2.30. The summed E-state index contributed by atoms with van der Waals surface area (Å²) in [6.07, 6.45) is 3.22. The Hall–Kier alpha value is -0.680. The van der Waals surface area contributed by atoms with Crippen LogP contribution in [0.2, 0.25) is 0 Å². The fourth-order valence-corrected chi connectivity index (χ4v) is 3.86. The number of hydrogen-bond donors (Lipinski definition) is 2. The third kappa shape index (κ3) is 3.66. The molecular formula is C15H19NOS2. The van der Waals surface area contributed by atoms with Crippen LogP contribution in [-0.4, -0.2) is 17.8 Å². The fourth-order valence-electron chi connectivity index (χ4n) is 2.30. The predicted molar refractivity (Wildman–Crippen MR) is 81.8 cm³/mol. The SMILES string of the molecule is OC(CNC(Cc1cccs1)c1cccs1)C1CC1. The highest BCUT2D eigenvalue weighted by Crippen LogP contribution is 2.33. The Balaban J connectivity index is 1.62. The molecule has 2 N–H and O–H groups in total. The molecule has 1 fully saturated rings. The Bertz CT molecular complexity index is 476. The molecule has 19 heavy (non-hydrogen) atoms. The fraction of sp³-hybridized carbons (Fsp3) is 0.467. The number of thiophene rings is 2. The molecule has 4 heteroatoms. The molecule has 2 aromatic heterocycles. The monoisotopic (exact) mass is 293 g/mol. The van der Waals surface area contributed by atoms with Crippen LogP contribution in [0.15, 0.2) is 35.0 Å². The zero-order valence-corrected chi connectivity index (χ0v) is 12.4. The van der Waals surface area contributed by atoms with Gasteiger partial charge in [-0.3, -0.25) is 0 Å².